The monoisotopic (exact) mass is 462 g/mol. The molecule has 2 heterocycles. The standard InChI is InChI=1S/C25H18N8O2/c26-13-18-9-10-20(12-22(18)35-15-16-5-2-1-3-6-16)33-24-21(31-32-33)14-28-25(30-24)29-19-8-4-7-17(11-19)23(27)34/h1-12,14H,15H2,(H2,27,34)(H,28,29,30). The van der Waals surface area contributed by atoms with Crippen LogP contribution in [0, 0.1) is 11.3 Å². The van der Waals surface area contributed by atoms with Gasteiger partial charge in [0.1, 0.15) is 18.4 Å². The maximum Gasteiger partial charge on any atom is 0.248 e. The Balaban J connectivity index is 1.46. The first kappa shape index (κ1) is 21.5. The molecule has 0 aliphatic rings. The number of carbonyl (C=O) groups excluding carboxylic acids is 1. The second-order valence-electron chi connectivity index (χ2n) is 7.54. The van der Waals surface area contributed by atoms with Crippen molar-refractivity contribution in [2.45, 2.75) is 6.61 Å². The van der Waals surface area contributed by atoms with E-state index in [0.717, 1.165) is 5.56 Å². The van der Waals surface area contributed by atoms with Gasteiger partial charge in [0, 0.05) is 17.3 Å². The number of nitrogens with two attached hydrogens (primary N) is 1. The van der Waals surface area contributed by atoms with Crippen molar-refractivity contribution in [1.29, 1.82) is 5.26 Å². The zero-order valence-electron chi connectivity index (χ0n) is 18.3. The van der Waals surface area contributed by atoms with Crippen LogP contribution in [-0.4, -0.2) is 30.9 Å². The fraction of sp³-hybridized carbons (Fsp3) is 0.0400. The Bertz CT molecular complexity index is 1570. The smallest absolute Gasteiger partial charge is 0.248 e. The molecule has 5 rings (SSSR count). The van der Waals surface area contributed by atoms with Crippen LogP contribution >= 0.6 is 0 Å². The van der Waals surface area contributed by atoms with Crippen molar-refractivity contribution in [3.05, 3.63) is 95.7 Å². The number of primary amides is 1. The Morgan fingerprint density at radius 1 is 1.09 bits per heavy atom. The molecule has 0 aliphatic heterocycles. The van der Waals surface area contributed by atoms with E-state index in [9.17, 15) is 10.1 Å². The number of hydrogen-bond donors (Lipinski definition) is 2. The van der Waals surface area contributed by atoms with E-state index in [2.05, 4.69) is 31.7 Å². The Morgan fingerprint density at radius 3 is 2.74 bits per heavy atom. The summed E-state index contributed by atoms with van der Waals surface area (Å²) in [5.74, 6) is 0.184. The third kappa shape index (κ3) is 4.60. The molecule has 0 atom stereocenters. The topological polar surface area (TPSA) is 145 Å². The van der Waals surface area contributed by atoms with E-state index >= 15 is 0 Å². The van der Waals surface area contributed by atoms with Crippen LogP contribution in [0.5, 0.6) is 5.75 Å². The molecule has 170 valence electrons. The van der Waals surface area contributed by atoms with E-state index in [-0.39, 0.29) is 5.95 Å². The summed E-state index contributed by atoms with van der Waals surface area (Å²) in [7, 11) is 0. The van der Waals surface area contributed by atoms with Crippen LogP contribution in [0.3, 0.4) is 0 Å². The van der Waals surface area contributed by atoms with Gasteiger partial charge in [-0.2, -0.15) is 14.9 Å². The number of benzene rings is 3. The Morgan fingerprint density at radius 2 is 1.94 bits per heavy atom. The predicted octanol–water partition coefficient (Wildman–Crippen LogP) is 3.50. The van der Waals surface area contributed by atoms with Gasteiger partial charge in [0.2, 0.25) is 11.9 Å². The number of ether oxygens (including phenoxy) is 1. The van der Waals surface area contributed by atoms with Crippen LogP contribution in [0.4, 0.5) is 11.6 Å². The first-order valence-electron chi connectivity index (χ1n) is 10.6. The maximum absolute atomic E-state index is 11.5. The first-order chi connectivity index (χ1) is 17.1. The molecule has 0 saturated carbocycles. The number of nitrogens with one attached hydrogen (secondary N) is 1. The number of nitriles is 1. The van der Waals surface area contributed by atoms with Crippen LogP contribution in [0.1, 0.15) is 21.5 Å². The van der Waals surface area contributed by atoms with E-state index in [4.69, 9.17) is 10.5 Å². The highest BCUT2D eigenvalue weighted by Crippen LogP contribution is 2.25. The molecule has 0 fully saturated rings. The van der Waals surface area contributed by atoms with Gasteiger partial charge in [0.05, 0.1) is 17.4 Å². The fourth-order valence-electron chi connectivity index (χ4n) is 3.43. The van der Waals surface area contributed by atoms with Gasteiger partial charge in [-0.15, -0.1) is 5.10 Å². The largest absolute Gasteiger partial charge is 0.487 e. The van der Waals surface area contributed by atoms with Crippen molar-refractivity contribution in [3.8, 4) is 17.5 Å². The molecule has 0 saturated heterocycles. The van der Waals surface area contributed by atoms with Gasteiger partial charge < -0.3 is 15.8 Å². The highest BCUT2D eigenvalue weighted by Gasteiger charge is 2.14. The second-order valence-corrected chi connectivity index (χ2v) is 7.54. The average molecular weight is 462 g/mol. The molecule has 35 heavy (non-hydrogen) atoms. The molecule has 0 unspecified atom stereocenters. The van der Waals surface area contributed by atoms with Gasteiger partial charge in [-0.05, 0) is 35.9 Å². The van der Waals surface area contributed by atoms with Crippen molar-refractivity contribution in [3.63, 3.8) is 0 Å². The summed E-state index contributed by atoms with van der Waals surface area (Å²) in [5.41, 5.74) is 9.27. The highest BCUT2D eigenvalue weighted by atomic mass is 16.5. The molecule has 0 bridgehead atoms. The molecular weight excluding hydrogens is 444 g/mol. The van der Waals surface area contributed by atoms with E-state index in [1.807, 2.05) is 30.3 Å². The fourth-order valence-corrected chi connectivity index (χ4v) is 3.43. The van der Waals surface area contributed by atoms with Crippen LogP contribution in [0.2, 0.25) is 0 Å². The number of carbonyl (C=O) groups is 1. The zero-order valence-corrected chi connectivity index (χ0v) is 18.3. The summed E-state index contributed by atoms with van der Waals surface area (Å²) in [5, 5.41) is 20.9. The quantitative estimate of drug-likeness (QED) is 0.374. The predicted molar refractivity (Wildman–Crippen MR) is 128 cm³/mol. The summed E-state index contributed by atoms with van der Waals surface area (Å²) >= 11 is 0. The Labute approximate surface area is 199 Å². The van der Waals surface area contributed by atoms with Gasteiger partial charge in [0.15, 0.2) is 11.2 Å². The van der Waals surface area contributed by atoms with Gasteiger partial charge in [-0.1, -0.05) is 41.6 Å². The number of rotatable bonds is 7. The van der Waals surface area contributed by atoms with Crippen molar-refractivity contribution in [1.82, 2.24) is 25.0 Å². The number of hydrogen-bond acceptors (Lipinski definition) is 8. The molecule has 3 aromatic carbocycles. The molecule has 2 aromatic heterocycles. The summed E-state index contributed by atoms with van der Waals surface area (Å²) in [6.45, 7) is 0.317. The third-order valence-electron chi connectivity index (χ3n) is 5.16. The molecule has 10 nitrogen and oxygen atoms in total. The lowest BCUT2D eigenvalue weighted by atomic mass is 10.2. The highest BCUT2D eigenvalue weighted by molar-refractivity contribution is 5.93. The number of anilines is 2. The lowest BCUT2D eigenvalue weighted by Crippen LogP contribution is -2.11. The van der Waals surface area contributed by atoms with Crippen molar-refractivity contribution in [2.75, 3.05) is 5.32 Å². The van der Waals surface area contributed by atoms with Crippen LogP contribution in [0.15, 0.2) is 79.0 Å². The SMILES string of the molecule is N#Cc1ccc(-n2nnc3cnc(Nc4cccc(C(N)=O)c4)nc32)cc1OCc1ccccc1. The van der Waals surface area contributed by atoms with Gasteiger partial charge in [-0.3, -0.25) is 4.79 Å². The van der Waals surface area contributed by atoms with Crippen LogP contribution in [0.25, 0.3) is 16.9 Å². The molecule has 3 N–H and O–H groups in total. The van der Waals surface area contributed by atoms with E-state index in [1.54, 1.807) is 53.3 Å². The second kappa shape index (κ2) is 9.29. The summed E-state index contributed by atoms with van der Waals surface area (Å²) in [6, 6.07) is 23.7. The third-order valence-corrected chi connectivity index (χ3v) is 5.16. The van der Waals surface area contributed by atoms with Crippen molar-refractivity contribution >= 4 is 28.7 Å². The Kier molecular flexibility index (Phi) is 5.71. The molecular formula is C25H18N8O2. The van der Waals surface area contributed by atoms with E-state index in [0.29, 0.717) is 46.0 Å². The lowest BCUT2D eigenvalue weighted by Gasteiger charge is -2.10. The normalized spacial score (nSPS) is 10.6. The minimum Gasteiger partial charge on any atom is -0.487 e. The van der Waals surface area contributed by atoms with Gasteiger partial charge in [0.25, 0.3) is 0 Å². The first-order valence-corrected chi connectivity index (χ1v) is 10.6. The minimum atomic E-state index is -0.529. The maximum atomic E-state index is 11.5. The average Bonchev–Trinajstić information content (AvgIpc) is 3.31. The summed E-state index contributed by atoms with van der Waals surface area (Å²) < 4.78 is 7.47. The van der Waals surface area contributed by atoms with Crippen LogP contribution < -0.4 is 15.8 Å². The van der Waals surface area contributed by atoms with Gasteiger partial charge >= 0.3 is 0 Å². The molecule has 5 aromatic rings. The number of fused-ring (bicyclic) bond motifs is 1. The van der Waals surface area contributed by atoms with E-state index in [1.165, 1.54) is 0 Å². The lowest BCUT2D eigenvalue weighted by molar-refractivity contribution is 0.100. The molecule has 10 heteroatoms. The number of amides is 1. The summed E-state index contributed by atoms with van der Waals surface area (Å²) in [4.78, 5) is 20.3. The number of nitrogens with zero attached hydrogens (tertiary/aromatic N) is 6. The molecule has 0 spiro atoms. The zero-order chi connectivity index (χ0) is 24.2. The number of aromatic nitrogens is 5. The Hall–Kier alpha value is -5.30. The minimum absolute atomic E-state index is 0.289. The molecule has 0 radical (unpaired) electrons. The molecule has 0 aliphatic carbocycles. The molecule has 1 amide bonds. The van der Waals surface area contributed by atoms with Crippen molar-refractivity contribution < 1.29 is 9.53 Å². The summed E-state index contributed by atoms with van der Waals surface area (Å²) in [6.07, 6.45) is 1.54. The van der Waals surface area contributed by atoms with Crippen molar-refractivity contribution in [2.24, 2.45) is 5.73 Å². The van der Waals surface area contributed by atoms with Gasteiger partial charge in [-0.25, -0.2) is 4.98 Å². The van der Waals surface area contributed by atoms with Crippen LogP contribution in [-0.2, 0) is 6.61 Å². The van der Waals surface area contributed by atoms with E-state index < -0.39 is 5.91 Å².